The van der Waals surface area contributed by atoms with Crippen LogP contribution in [0.5, 0.6) is 0 Å². The second-order valence-electron chi connectivity index (χ2n) is 4.04. The number of likely N-dealkylation sites (tertiary alicyclic amines) is 1. The van der Waals surface area contributed by atoms with Crippen LogP contribution < -0.4 is 5.73 Å². The lowest BCUT2D eigenvalue weighted by atomic mass is 9.92. The van der Waals surface area contributed by atoms with Gasteiger partial charge in [0.05, 0.1) is 0 Å². The number of hydrogen-bond acceptors (Lipinski definition) is 2. The molecule has 12 heavy (non-hydrogen) atoms. The molecule has 0 radical (unpaired) electrons. The SMILES string of the molecule is C[C@@H]1CCCN(CCCN)[C@H]1C. The third-order valence-electron chi connectivity index (χ3n) is 3.15. The van der Waals surface area contributed by atoms with Gasteiger partial charge in [0.2, 0.25) is 0 Å². The number of piperidine rings is 1. The lowest BCUT2D eigenvalue weighted by Gasteiger charge is -2.37. The predicted octanol–water partition coefficient (Wildman–Crippen LogP) is 1.46. The van der Waals surface area contributed by atoms with Crippen LogP contribution in [0.15, 0.2) is 0 Å². The summed E-state index contributed by atoms with van der Waals surface area (Å²) in [7, 11) is 0. The van der Waals surface area contributed by atoms with Gasteiger partial charge in [0.15, 0.2) is 0 Å². The first-order valence-corrected chi connectivity index (χ1v) is 5.20. The van der Waals surface area contributed by atoms with Gasteiger partial charge in [-0.1, -0.05) is 6.92 Å². The zero-order valence-electron chi connectivity index (χ0n) is 8.42. The Kier molecular flexibility index (Phi) is 4.02. The van der Waals surface area contributed by atoms with Crippen LogP contribution in [0, 0.1) is 5.92 Å². The molecule has 72 valence electrons. The fraction of sp³-hybridized carbons (Fsp3) is 1.00. The van der Waals surface area contributed by atoms with Crippen molar-refractivity contribution in [2.75, 3.05) is 19.6 Å². The molecule has 1 fully saturated rings. The topological polar surface area (TPSA) is 29.3 Å². The van der Waals surface area contributed by atoms with E-state index in [0.717, 1.165) is 24.9 Å². The lowest BCUT2D eigenvalue weighted by Crippen LogP contribution is -2.43. The first-order valence-electron chi connectivity index (χ1n) is 5.20. The van der Waals surface area contributed by atoms with E-state index in [1.54, 1.807) is 0 Å². The van der Waals surface area contributed by atoms with E-state index in [1.807, 2.05) is 0 Å². The molecule has 0 spiro atoms. The highest BCUT2D eigenvalue weighted by Crippen LogP contribution is 2.22. The molecule has 1 aliphatic heterocycles. The van der Waals surface area contributed by atoms with Crippen molar-refractivity contribution in [1.29, 1.82) is 0 Å². The van der Waals surface area contributed by atoms with Gasteiger partial charge in [-0.3, -0.25) is 0 Å². The van der Waals surface area contributed by atoms with Crippen molar-refractivity contribution in [2.24, 2.45) is 11.7 Å². The first kappa shape index (κ1) is 10.0. The van der Waals surface area contributed by atoms with E-state index in [4.69, 9.17) is 5.73 Å². The second kappa shape index (κ2) is 4.83. The number of nitrogens with zero attached hydrogens (tertiary/aromatic N) is 1. The average Bonchev–Trinajstić information content (AvgIpc) is 2.08. The molecule has 0 aromatic rings. The van der Waals surface area contributed by atoms with Crippen molar-refractivity contribution in [3.8, 4) is 0 Å². The van der Waals surface area contributed by atoms with Gasteiger partial charge in [0, 0.05) is 6.04 Å². The maximum Gasteiger partial charge on any atom is 0.00925 e. The van der Waals surface area contributed by atoms with Gasteiger partial charge in [0.1, 0.15) is 0 Å². The van der Waals surface area contributed by atoms with Crippen molar-refractivity contribution in [3.63, 3.8) is 0 Å². The monoisotopic (exact) mass is 170 g/mol. The van der Waals surface area contributed by atoms with Crippen LogP contribution in [0.3, 0.4) is 0 Å². The third-order valence-corrected chi connectivity index (χ3v) is 3.15. The van der Waals surface area contributed by atoms with Crippen LogP contribution in [0.4, 0.5) is 0 Å². The smallest absolute Gasteiger partial charge is 0.00925 e. The van der Waals surface area contributed by atoms with Crippen molar-refractivity contribution in [3.05, 3.63) is 0 Å². The van der Waals surface area contributed by atoms with Gasteiger partial charge in [-0.05, 0) is 51.7 Å². The van der Waals surface area contributed by atoms with E-state index in [1.165, 1.54) is 25.9 Å². The summed E-state index contributed by atoms with van der Waals surface area (Å²) in [5, 5.41) is 0. The molecule has 0 aliphatic carbocycles. The molecule has 0 aromatic heterocycles. The van der Waals surface area contributed by atoms with E-state index in [0.29, 0.717) is 0 Å². The molecular formula is C10H22N2. The summed E-state index contributed by atoms with van der Waals surface area (Å²) in [6.07, 6.45) is 3.92. The summed E-state index contributed by atoms with van der Waals surface area (Å²) in [4.78, 5) is 2.58. The molecule has 0 aromatic carbocycles. The van der Waals surface area contributed by atoms with Crippen molar-refractivity contribution in [1.82, 2.24) is 4.90 Å². The zero-order valence-corrected chi connectivity index (χ0v) is 8.42. The van der Waals surface area contributed by atoms with E-state index in [9.17, 15) is 0 Å². The van der Waals surface area contributed by atoms with Crippen molar-refractivity contribution < 1.29 is 0 Å². The van der Waals surface area contributed by atoms with Crippen molar-refractivity contribution in [2.45, 2.75) is 39.2 Å². The molecule has 2 N–H and O–H groups in total. The van der Waals surface area contributed by atoms with Crippen LogP contribution in [-0.2, 0) is 0 Å². The molecule has 2 heteroatoms. The number of rotatable bonds is 3. The first-order chi connectivity index (χ1) is 5.75. The van der Waals surface area contributed by atoms with Gasteiger partial charge in [-0.25, -0.2) is 0 Å². The maximum absolute atomic E-state index is 5.50. The Morgan fingerprint density at radius 2 is 2.17 bits per heavy atom. The fourth-order valence-corrected chi connectivity index (χ4v) is 2.03. The van der Waals surface area contributed by atoms with Crippen LogP contribution in [0.1, 0.15) is 33.1 Å². The lowest BCUT2D eigenvalue weighted by molar-refractivity contribution is 0.113. The third kappa shape index (κ3) is 2.46. The van der Waals surface area contributed by atoms with Gasteiger partial charge in [-0.2, -0.15) is 0 Å². The molecule has 2 atom stereocenters. The summed E-state index contributed by atoms with van der Waals surface area (Å²) < 4.78 is 0. The highest BCUT2D eigenvalue weighted by molar-refractivity contribution is 4.78. The molecule has 0 bridgehead atoms. The number of nitrogens with two attached hydrogens (primary N) is 1. The second-order valence-corrected chi connectivity index (χ2v) is 4.04. The zero-order chi connectivity index (χ0) is 8.97. The van der Waals surface area contributed by atoms with E-state index in [-0.39, 0.29) is 0 Å². The Hall–Kier alpha value is -0.0800. The quantitative estimate of drug-likeness (QED) is 0.694. The number of hydrogen-bond donors (Lipinski definition) is 1. The van der Waals surface area contributed by atoms with E-state index in [2.05, 4.69) is 18.7 Å². The minimum atomic E-state index is 0.769. The average molecular weight is 170 g/mol. The maximum atomic E-state index is 5.50. The highest BCUT2D eigenvalue weighted by Gasteiger charge is 2.23. The van der Waals surface area contributed by atoms with Crippen molar-refractivity contribution >= 4 is 0 Å². The van der Waals surface area contributed by atoms with E-state index < -0.39 is 0 Å². The summed E-state index contributed by atoms with van der Waals surface area (Å²) in [5.41, 5.74) is 5.50. The highest BCUT2D eigenvalue weighted by atomic mass is 15.2. The standard InChI is InChI=1S/C10H22N2/c1-9-5-3-7-12(10(9)2)8-4-6-11/h9-10H,3-8,11H2,1-2H3/t9-,10+/m1/s1. The minimum absolute atomic E-state index is 0.769. The molecule has 2 nitrogen and oxygen atoms in total. The Balaban J connectivity index is 2.30. The molecule has 1 aliphatic rings. The molecule has 1 saturated heterocycles. The largest absolute Gasteiger partial charge is 0.330 e. The Morgan fingerprint density at radius 3 is 2.83 bits per heavy atom. The fourth-order valence-electron chi connectivity index (χ4n) is 2.03. The van der Waals surface area contributed by atoms with E-state index >= 15 is 0 Å². The van der Waals surface area contributed by atoms with Crippen LogP contribution in [-0.4, -0.2) is 30.6 Å². The normalized spacial score (nSPS) is 32.2. The Bertz CT molecular complexity index is 125. The molecule has 0 unspecified atom stereocenters. The minimum Gasteiger partial charge on any atom is -0.330 e. The molecule has 1 rings (SSSR count). The van der Waals surface area contributed by atoms with Gasteiger partial charge >= 0.3 is 0 Å². The summed E-state index contributed by atoms with van der Waals surface area (Å²) in [5.74, 6) is 0.872. The molecule has 0 amide bonds. The molecule has 1 heterocycles. The van der Waals surface area contributed by atoms with Gasteiger partial charge in [0.25, 0.3) is 0 Å². The van der Waals surface area contributed by atoms with Gasteiger partial charge in [-0.15, -0.1) is 0 Å². The van der Waals surface area contributed by atoms with Crippen LogP contribution in [0.2, 0.25) is 0 Å². The Morgan fingerprint density at radius 1 is 1.42 bits per heavy atom. The summed E-state index contributed by atoms with van der Waals surface area (Å²) >= 11 is 0. The van der Waals surface area contributed by atoms with Crippen LogP contribution >= 0.6 is 0 Å². The Labute approximate surface area is 76.1 Å². The van der Waals surface area contributed by atoms with Gasteiger partial charge < -0.3 is 10.6 Å². The van der Waals surface area contributed by atoms with Crippen LogP contribution in [0.25, 0.3) is 0 Å². The summed E-state index contributed by atoms with van der Waals surface area (Å²) in [6, 6.07) is 0.769. The molecule has 0 saturated carbocycles. The molecular weight excluding hydrogens is 148 g/mol. The predicted molar refractivity (Wildman–Crippen MR) is 53.1 cm³/mol. The summed E-state index contributed by atoms with van der Waals surface area (Å²) in [6.45, 7) is 8.02.